The standard InChI is InChI=1S/C41H83N2O6P/c1-6-8-10-12-14-16-18-20-21-23-24-26-28-30-32-34-40(44)39(38-49-50(46,47)48-37-36-43(3,4)5)42-41(45)35-33-31-29-27-25-22-19-17-15-13-11-9-7-2/h17,19,39-40,44H,6-16,18,20-38H2,1-5H3,(H-,42,45,46,47)/b19-17+/t39-,40+/m0/s1. The molecule has 8 nitrogen and oxygen atoms in total. The summed E-state index contributed by atoms with van der Waals surface area (Å²) in [6.07, 6.45) is 36.3. The van der Waals surface area contributed by atoms with Crippen LogP contribution in [0.5, 0.6) is 0 Å². The molecular weight excluding hydrogens is 647 g/mol. The van der Waals surface area contributed by atoms with E-state index in [9.17, 15) is 19.4 Å². The van der Waals surface area contributed by atoms with E-state index in [0.717, 1.165) is 51.4 Å². The number of phosphoric ester groups is 1. The fourth-order valence-electron chi connectivity index (χ4n) is 6.09. The first kappa shape index (κ1) is 49.2. The van der Waals surface area contributed by atoms with Crippen molar-refractivity contribution < 1.29 is 32.9 Å². The summed E-state index contributed by atoms with van der Waals surface area (Å²) in [7, 11) is 1.30. The molecule has 0 rings (SSSR count). The SMILES string of the molecule is CCCCCC/C=C/CCCCCCCC(=O)N[C@@H](COP(=O)([O-])OCC[N+](C)(C)C)[C@H](O)CCCCCCCCCCCCCCCCC. The van der Waals surface area contributed by atoms with E-state index in [0.29, 0.717) is 23.9 Å². The van der Waals surface area contributed by atoms with E-state index in [2.05, 4.69) is 31.3 Å². The minimum atomic E-state index is -4.56. The number of amides is 1. The van der Waals surface area contributed by atoms with Gasteiger partial charge >= 0.3 is 0 Å². The first-order valence-corrected chi connectivity index (χ1v) is 22.5. The van der Waals surface area contributed by atoms with Crippen molar-refractivity contribution in [1.82, 2.24) is 5.32 Å². The summed E-state index contributed by atoms with van der Waals surface area (Å²) >= 11 is 0. The van der Waals surface area contributed by atoms with E-state index >= 15 is 0 Å². The highest BCUT2D eigenvalue weighted by Gasteiger charge is 2.24. The monoisotopic (exact) mass is 731 g/mol. The summed E-state index contributed by atoms with van der Waals surface area (Å²) in [5, 5.41) is 13.9. The van der Waals surface area contributed by atoms with Gasteiger partial charge in [-0.25, -0.2) is 0 Å². The number of aliphatic hydroxyl groups is 1. The maximum Gasteiger partial charge on any atom is 0.268 e. The van der Waals surface area contributed by atoms with Crippen molar-refractivity contribution >= 4 is 13.7 Å². The lowest BCUT2D eigenvalue weighted by Crippen LogP contribution is -2.46. The molecule has 0 aliphatic heterocycles. The number of hydrogen-bond acceptors (Lipinski definition) is 6. The average molecular weight is 731 g/mol. The Kier molecular flexibility index (Phi) is 33.5. The van der Waals surface area contributed by atoms with Gasteiger partial charge in [0, 0.05) is 6.42 Å². The molecule has 50 heavy (non-hydrogen) atoms. The third-order valence-corrected chi connectivity index (χ3v) is 10.5. The first-order valence-electron chi connectivity index (χ1n) is 21.0. The van der Waals surface area contributed by atoms with Crippen LogP contribution in [0.3, 0.4) is 0 Å². The molecule has 298 valence electrons. The van der Waals surface area contributed by atoms with E-state index in [4.69, 9.17) is 9.05 Å². The van der Waals surface area contributed by atoms with Crippen molar-refractivity contribution in [2.75, 3.05) is 40.9 Å². The average Bonchev–Trinajstić information content (AvgIpc) is 3.06. The lowest BCUT2D eigenvalue weighted by molar-refractivity contribution is -0.870. The summed E-state index contributed by atoms with van der Waals surface area (Å²) in [5.41, 5.74) is 0. The van der Waals surface area contributed by atoms with Gasteiger partial charge in [0.2, 0.25) is 5.91 Å². The van der Waals surface area contributed by atoms with Gasteiger partial charge in [0.05, 0.1) is 39.9 Å². The molecule has 0 aromatic carbocycles. The summed E-state index contributed by atoms with van der Waals surface area (Å²) in [4.78, 5) is 25.2. The summed E-state index contributed by atoms with van der Waals surface area (Å²) in [6.45, 7) is 4.69. The molecule has 0 aromatic rings. The van der Waals surface area contributed by atoms with E-state index in [1.54, 1.807) is 0 Å². The van der Waals surface area contributed by atoms with Crippen molar-refractivity contribution in [2.24, 2.45) is 0 Å². The molecule has 0 saturated carbocycles. The molecule has 0 heterocycles. The molecule has 1 amide bonds. The maximum atomic E-state index is 12.8. The van der Waals surface area contributed by atoms with Crippen molar-refractivity contribution in [3.8, 4) is 0 Å². The predicted molar refractivity (Wildman–Crippen MR) is 210 cm³/mol. The Morgan fingerprint density at radius 3 is 1.58 bits per heavy atom. The zero-order chi connectivity index (χ0) is 37.2. The summed E-state index contributed by atoms with van der Waals surface area (Å²) < 4.78 is 23.2. The van der Waals surface area contributed by atoms with Gasteiger partial charge in [0.25, 0.3) is 7.82 Å². The summed E-state index contributed by atoms with van der Waals surface area (Å²) in [5.74, 6) is -0.174. The molecule has 0 aliphatic rings. The quantitative estimate of drug-likeness (QED) is 0.0283. The van der Waals surface area contributed by atoms with Crippen LogP contribution in [0.25, 0.3) is 0 Å². The first-order chi connectivity index (χ1) is 24.0. The van der Waals surface area contributed by atoms with Crippen LogP contribution in [0.4, 0.5) is 0 Å². The van der Waals surface area contributed by atoms with Gasteiger partial charge in [-0.1, -0.05) is 161 Å². The molecule has 0 aliphatic carbocycles. The number of nitrogens with zero attached hydrogens (tertiary/aromatic N) is 1. The number of carbonyl (C=O) groups is 1. The van der Waals surface area contributed by atoms with Crippen LogP contribution in [0.1, 0.15) is 194 Å². The lowest BCUT2D eigenvalue weighted by Gasteiger charge is -2.30. The number of likely N-dealkylation sites (N-methyl/N-ethyl adjacent to an activating group) is 1. The molecular formula is C41H83N2O6P. The number of nitrogens with one attached hydrogen (secondary N) is 1. The second kappa shape index (κ2) is 34.0. The van der Waals surface area contributed by atoms with Crippen molar-refractivity contribution in [1.29, 1.82) is 0 Å². The molecule has 0 spiro atoms. The number of aliphatic hydroxyl groups excluding tert-OH is 1. The Morgan fingerprint density at radius 2 is 1.10 bits per heavy atom. The molecule has 0 saturated heterocycles. The van der Waals surface area contributed by atoms with E-state index in [-0.39, 0.29) is 19.1 Å². The van der Waals surface area contributed by atoms with Gasteiger partial charge in [-0.3, -0.25) is 9.36 Å². The van der Waals surface area contributed by atoms with Crippen molar-refractivity contribution in [3.63, 3.8) is 0 Å². The fraction of sp³-hybridized carbons (Fsp3) is 0.927. The van der Waals surface area contributed by atoms with Crippen LogP contribution >= 0.6 is 7.82 Å². The Hall–Kier alpha value is -0.760. The third kappa shape index (κ3) is 35.6. The Balaban J connectivity index is 4.41. The van der Waals surface area contributed by atoms with Crippen LogP contribution in [-0.2, 0) is 18.4 Å². The number of allylic oxidation sites excluding steroid dienone is 2. The predicted octanol–water partition coefficient (Wildman–Crippen LogP) is 10.6. The fourth-order valence-corrected chi connectivity index (χ4v) is 6.81. The molecule has 0 aromatic heterocycles. The maximum absolute atomic E-state index is 12.8. The third-order valence-electron chi connectivity index (χ3n) is 9.50. The molecule has 1 unspecified atom stereocenters. The van der Waals surface area contributed by atoms with Crippen LogP contribution < -0.4 is 10.2 Å². The number of carbonyl (C=O) groups excluding carboxylic acids is 1. The number of quaternary nitrogens is 1. The zero-order valence-corrected chi connectivity index (χ0v) is 34.5. The van der Waals surface area contributed by atoms with E-state index < -0.39 is 20.0 Å². The van der Waals surface area contributed by atoms with Gasteiger partial charge in [0.1, 0.15) is 13.2 Å². The summed E-state index contributed by atoms with van der Waals surface area (Å²) in [6, 6.07) is -0.799. The van der Waals surface area contributed by atoms with Gasteiger partial charge < -0.3 is 28.8 Å². The van der Waals surface area contributed by atoms with Crippen LogP contribution in [-0.4, -0.2) is 68.5 Å². The largest absolute Gasteiger partial charge is 0.756 e. The van der Waals surface area contributed by atoms with Crippen molar-refractivity contribution in [2.45, 2.75) is 206 Å². The Morgan fingerprint density at radius 1 is 0.680 bits per heavy atom. The van der Waals surface area contributed by atoms with Crippen LogP contribution in [0.2, 0.25) is 0 Å². The topological polar surface area (TPSA) is 108 Å². The highest BCUT2D eigenvalue weighted by atomic mass is 31.2. The van der Waals surface area contributed by atoms with Crippen LogP contribution in [0.15, 0.2) is 12.2 Å². The minimum absolute atomic E-state index is 0.0122. The highest BCUT2D eigenvalue weighted by molar-refractivity contribution is 7.45. The molecule has 0 bridgehead atoms. The van der Waals surface area contributed by atoms with Gasteiger partial charge in [-0.05, 0) is 38.5 Å². The van der Waals surface area contributed by atoms with Gasteiger partial charge in [-0.2, -0.15) is 0 Å². The van der Waals surface area contributed by atoms with E-state index in [1.807, 2.05) is 21.1 Å². The smallest absolute Gasteiger partial charge is 0.268 e. The molecule has 0 radical (unpaired) electrons. The highest BCUT2D eigenvalue weighted by Crippen LogP contribution is 2.38. The zero-order valence-electron chi connectivity index (χ0n) is 33.6. The molecule has 3 atom stereocenters. The molecule has 9 heteroatoms. The minimum Gasteiger partial charge on any atom is -0.756 e. The number of hydrogen-bond donors (Lipinski definition) is 2. The Labute approximate surface area is 310 Å². The van der Waals surface area contributed by atoms with Gasteiger partial charge in [0.15, 0.2) is 0 Å². The van der Waals surface area contributed by atoms with Crippen LogP contribution in [0, 0.1) is 0 Å². The normalized spacial score (nSPS) is 14.6. The number of phosphoric acid groups is 1. The second-order valence-corrected chi connectivity index (χ2v) is 17.1. The van der Waals surface area contributed by atoms with E-state index in [1.165, 1.54) is 116 Å². The van der Waals surface area contributed by atoms with Crippen molar-refractivity contribution in [3.05, 3.63) is 12.2 Å². The second-order valence-electron chi connectivity index (χ2n) is 15.7. The Bertz CT molecular complexity index is 834. The number of rotatable bonds is 38. The lowest BCUT2D eigenvalue weighted by atomic mass is 10.0. The number of unbranched alkanes of at least 4 members (excludes halogenated alkanes) is 23. The molecule has 2 N–H and O–H groups in total. The molecule has 0 fully saturated rings. The van der Waals surface area contributed by atoms with Gasteiger partial charge in [-0.15, -0.1) is 0 Å².